The van der Waals surface area contributed by atoms with Crippen LogP contribution in [0.3, 0.4) is 0 Å². The van der Waals surface area contributed by atoms with Gasteiger partial charge in [-0.1, -0.05) is 343 Å². The number of nitrogens with zero attached hydrogens (tertiary/aromatic N) is 2. The van der Waals surface area contributed by atoms with Crippen molar-refractivity contribution in [1.82, 2.24) is 0 Å². The van der Waals surface area contributed by atoms with Gasteiger partial charge >= 0.3 is 0 Å². The first-order chi connectivity index (χ1) is 58.1. The lowest BCUT2D eigenvalue weighted by molar-refractivity contribution is 0.659. The highest BCUT2D eigenvalue weighted by molar-refractivity contribution is 6.03. The van der Waals surface area contributed by atoms with Crippen LogP contribution in [0.25, 0.3) is 119 Å². The number of benzene rings is 16. The zero-order valence-electron chi connectivity index (χ0n) is 69.6. The van der Waals surface area contributed by atoms with Gasteiger partial charge in [0.2, 0.25) is 0 Å². The molecule has 0 unspecified atom stereocenters. The molecule has 2 nitrogen and oxygen atoms in total. The summed E-state index contributed by atoms with van der Waals surface area (Å²) in [6, 6.07) is 126. The highest BCUT2D eigenvalue weighted by atomic mass is 15.1. The van der Waals surface area contributed by atoms with Crippen molar-refractivity contribution in [2.45, 2.75) is 102 Å². The summed E-state index contributed by atoms with van der Waals surface area (Å²) in [5, 5.41) is 0. The molecule has 8 aliphatic rings. The summed E-state index contributed by atoms with van der Waals surface area (Å²) < 4.78 is 0. The Kier molecular flexibility index (Phi) is 14.5. The highest BCUT2D eigenvalue weighted by Crippen LogP contribution is 2.65. The molecular formula is C118H90N2. The smallest absolute Gasteiger partial charge is 0.0725 e. The van der Waals surface area contributed by atoms with E-state index in [4.69, 9.17) is 0 Å². The van der Waals surface area contributed by atoms with Crippen LogP contribution in [0, 0.1) is 0 Å². The molecule has 24 rings (SSSR count). The van der Waals surface area contributed by atoms with Crippen LogP contribution in [0.1, 0.15) is 181 Å². The van der Waals surface area contributed by atoms with Gasteiger partial charge in [-0.25, -0.2) is 0 Å². The molecule has 0 N–H and O–H groups in total. The molecule has 1 spiro atoms. The molecule has 16 aromatic rings. The maximum Gasteiger partial charge on any atom is 0.0725 e. The number of hydrogen-bond acceptors (Lipinski definition) is 2. The van der Waals surface area contributed by atoms with Crippen LogP contribution in [-0.4, -0.2) is 0 Å². The second-order valence-corrected chi connectivity index (χ2v) is 37.6. The number of fused-ring (bicyclic) bond motifs is 28. The minimum Gasteiger partial charge on any atom is -0.310 e. The van der Waals surface area contributed by atoms with E-state index in [1.165, 1.54) is 212 Å². The molecule has 0 aliphatic heterocycles. The van der Waals surface area contributed by atoms with Crippen molar-refractivity contribution in [2.24, 2.45) is 0 Å². The molecule has 0 bridgehead atoms. The maximum absolute atomic E-state index is 4.68. The van der Waals surface area contributed by atoms with E-state index in [0.29, 0.717) is 0 Å². The van der Waals surface area contributed by atoms with Gasteiger partial charge in [-0.05, 0) is 291 Å². The average Bonchev–Trinajstić information content (AvgIpc) is 1.50. The number of hydrogen-bond donors (Lipinski definition) is 0. The Morgan fingerprint density at radius 2 is 0.375 bits per heavy atom. The third-order valence-electron chi connectivity index (χ3n) is 29.6. The zero-order chi connectivity index (χ0) is 81.0. The first-order valence-corrected chi connectivity index (χ1v) is 42.9. The minimum atomic E-state index is -0.531. The van der Waals surface area contributed by atoms with Crippen LogP contribution in [0.15, 0.2) is 334 Å². The van der Waals surface area contributed by atoms with Gasteiger partial charge in [0.15, 0.2) is 0 Å². The van der Waals surface area contributed by atoms with Crippen molar-refractivity contribution in [3.63, 3.8) is 0 Å². The summed E-state index contributed by atoms with van der Waals surface area (Å²) in [4.78, 5) is 5.02. The quantitative estimate of drug-likeness (QED) is 0.126. The van der Waals surface area contributed by atoms with Crippen LogP contribution in [0.4, 0.5) is 34.1 Å². The minimum absolute atomic E-state index is 0.148. The summed E-state index contributed by atoms with van der Waals surface area (Å²) in [5.41, 5.74) is 53.2. The Morgan fingerprint density at radius 3 is 0.692 bits per heavy atom. The zero-order valence-corrected chi connectivity index (χ0v) is 69.6. The third kappa shape index (κ3) is 9.62. The molecule has 0 saturated heterocycles. The average molecular weight is 1540 g/mol. The molecule has 8 aliphatic carbocycles. The van der Waals surface area contributed by atoms with Gasteiger partial charge in [0, 0.05) is 61.2 Å². The molecule has 0 saturated carbocycles. The van der Waals surface area contributed by atoms with Crippen molar-refractivity contribution in [1.29, 1.82) is 0 Å². The van der Waals surface area contributed by atoms with E-state index < -0.39 is 5.41 Å². The molecule has 2 heteroatoms. The molecule has 0 radical (unpaired) electrons. The Balaban J connectivity index is 0.545. The predicted molar refractivity (Wildman–Crippen MR) is 504 cm³/mol. The molecule has 0 fully saturated rings. The topological polar surface area (TPSA) is 6.48 Å². The first kappa shape index (κ1) is 70.5. The van der Waals surface area contributed by atoms with Gasteiger partial charge in [0.05, 0.1) is 5.41 Å². The number of anilines is 6. The van der Waals surface area contributed by atoms with Gasteiger partial charge in [0.1, 0.15) is 0 Å². The maximum atomic E-state index is 4.68. The van der Waals surface area contributed by atoms with E-state index in [0.717, 1.165) is 28.3 Å². The summed E-state index contributed by atoms with van der Waals surface area (Å²) in [7, 11) is 0. The number of rotatable bonds is 10. The SMILES string of the molecule is C=C1c2ccccc2-c2ccc(N(c3ccc4c(c3)C(C)(C)c3ccccc3-4)c3ccc4c(c3)C(C)(C)c3cc(/C=C/c5ccc6c(c5)C5(c7ccccc7-c7ccccc75)c5cc(/C=C/c7ccc8c(c7)C(C)(C)c7cc(N(c9ccc%10c(c9)C(C)(C)c9ccccc9-%10)c9ccc%10c(c9)C(C)(C)c9ccccc9-%10)ccc7-8)ccc5-6)ccc3-4)cc21. The van der Waals surface area contributed by atoms with E-state index >= 15 is 0 Å². The molecule has 0 atom stereocenters. The second kappa shape index (κ2) is 24.7. The lowest BCUT2D eigenvalue weighted by atomic mass is 9.70. The molecule has 0 amide bonds. The molecule has 0 heterocycles. The summed E-state index contributed by atoms with van der Waals surface area (Å²) in [5.74, 6) is 0. The van der Waals surface area contributed by atoms with Gasteiger partial charge < -0.3 is 9.80 Å². The highest BCUT2D eigenvalue weighted by Gasteiger charge is 2.52. The van der Waals surface area contributed by atoms with Crippen molar-refractivity contribution in [3.05, 3.63) is 445 Å². The Bertz CT molecular complexity index is 7200. The molecule has 0 aromatic heterocycles. The standard InChI is InChI=1S/C118H90N2/c1-70-81-24-12-13-25-82(81)83-54-44-75(64-98(70)83)119(76-45-55-91-84-26-14-19-31-99(84)113(2,3)106(91)65-76)77-48-58-94-89-50-40-71(60-104(89)116(8,9)109(94)68-77)36-38-73-42-52-96-97-53-43-74(63-112(97)118(111(96)62-73)102-34-22-17-29-87(102)88-30-18-23-35-103(88)118)39-37-72-41-51-90-95-59-49-80(69-110(95)117(10,11)105(90)61-72)120(78-46-56-92-85-27-15-20-32-100(85)114(4,5)107(92)66-78)79-47-57-93-86-28-16-21-33-101(86)115(6,7)108(93)67-79/h12-69H,1H2,2-11H3/b38-36+,39-37+. The molecule has 120 heavy (non-hydrogen) atoms. The summed E-state index contributed by atoms with van der Waals surface area (Å²) >= 11 is 0. The van der Waals surface area contributed by atoms with Crippen molar-refractivity contribution in [3.8, 4) is 89.0 Å². The normalized spacial score (nSPS) is 16.1. The van der Waals surface area contributed by atoms with Gasteiger partial charge in [0.25, 0.3) is 0 Å². The van der Waals surface area contributed by atoms with E-state index in [2.05, 4.69) is 438 Å². The lowest BCUT2D eigenvalue weighted by Crippen LogP contribution is -2.26. The predicted octanol–water partition coefficient (Wildman–Crippen LogP) is 30.9. The Morgan fingerprint density at radius 1 is 0.175 bits per heavy atom. The van der Waals surface area contributed by atoms with Crippen LogP contribution < -0.4 is 9.80 Å². The van der Waals surface area contributed by atoms with E-state index in [1.807, 2.05) is 0 Å². The van der Waals surface area contributed by atoms with Crippen LogP contribution >= 0.6 is 0 Å². The van der Waals surface area contributed by atoms with E-state index in [9.17, 15) is 0 Å². The van der Waals surface area contributed by atoms with E-state index in [-0.39, 0.29) is 27.1 Å². The van der Waals surface area contributed by atoms with Crippen LogP contribution in [0.5, 0.6) is 0 Å². The monoisotopic (exact) mass is 1530 g/mol. The molecular weight excluding hydrogens is 1450 g/mol. The van der Waals surface area contributed by atoms with E-state index in [1.54, 1.807) is 0 Å². The van der Waals surface area contributed by atoms with Crippen LogP contribution in [0.2, 0.25) is 0 Å². The first-order valence-electron chi connectivity index (χ1n) is 42.9. The van der Waals surface area contributed by atoms with Crippen LogP contribution in [-0.2, 0) is 32.5 Å². The van der Waals surface area contributed by atoms with Crippen molar-refractivity contribution < 1.29 is 0 Å². The van der Waals surface area contributed by atoms with Crippen molar-refractivity contribution in [2.75, 3.05) is 9.80 Å². The molecule has 572 valence electrons. The second-order valence-electron chi connectivity index (χ2n) is 37.6. The summed E-state index contributed by atoms with van der Waals surface area (Å²) in [6.07, 6.45) is 9.38. The molecule has 16 aromatic carbocycles. The third-order valence-corrected chi connectivity index (χ3v) is 29.6. The van der Waals surface area contributed by atoms with Crippen molar-refractivity contribution >= 4 is 64.0 Å². The van der Waals surface area contributed by atoms with Gasteiger partial charge in [-0.3, -0.25) is 0 Å². The largest absolute Gasteiger partial charge is 0.310 e. The fraction of sp³-hybridized carbons (Fsp3) is 0.136. The Labute approximate surface area is 705 Å². The Hall–Kier alpha value is -13.7. The van der Waals surface area contributed by atoms with Gasteiger partial charge in [-0.15, -0.1) is 0 Å². The van der Waals surface area contributed by atoms with Gasteiger partial charge in [-0.2, -0.15) is 0 Å². The fourth-order valence-electron chi connectivity index (χ4n) is 23.4. The summed E-state index contributed by atoms with van der Waals surface area (Å²) in [6.45, 7) is 28.7. The lowest BCUT2D eigenvalue weighted by Gasteiger charge is -2.31. The fourth-order valence-corrected chi connectivity index (χ4v) is 23.4.